The average molecular weight is 431 g/mol. The van der Waals surface area contributed by atoms with Gasteiger partial charge in [0.2, 0.25) is 0 Å². The Morgan fingerprint density at radius 3 is 2.41 bits per heavy atom. The third-order valence-corrected chi connectivity index (χ3v) is 7.78. The molecule has 1 aliphatic heterocycles. The highest BCUT2D eigenvalue weighted by Gasteiger charge is 2.16. The normalized spacial score (nSPS) is 14.4. The highest BCUT2D eigenvalue weighted by atomic mass is 32.2. The summed E-state index contributed by atoms with van der Waals surface area (Å²) >= 11 is 4.02. The molecule has 1 saturated heterocycles. The maximum atomic E-state index is 12.0. The summed E-state index contributed by atoms with van der Waals surface area (Å²) in [5.74, 6) is 3.14. The molecule has 2 aromatic carbocycles. The average Bonchev–Trinajstić information content (AvgIpc) is 2.76. The predicted octanol–water partition coefficient (Wildman–Crippen LogP) is 4.75. The first-order chi connectivity index (χ1) is 14.1. The van der Waals surface area contributed by atoms with E-state index in [0.29, 0.717) is 11.1 Å². The molecular weight excluding hydrogens is 400 g/mol. The third-order valence-electron chi connectivity index (χ3n) is 4.77. The molecule has 0 radical (unpaired) electrons. The Hall–Kier alpha value is -1.79. The minimum Gasteiger partial charge on any atom is -0.484 e. The van der Waals surface area contributed by atoms with E-state index in [4.69, 9.17) is 4.74 Å². The summed E-state index contributed by atoms with van der Waals surface area (Å²) in [7, 11) is 4.08. The number of nitrogens with one attached hydrogen (secondary N) is 1. The number of rotatable bonds is 9. The van der Waals surface area contributed by atoms with Crippen LogP contribution in [-0.2, 0) is 11.2 Å². The van der Waals surface area contributed by atoms with Crippen molar-refractivity contribution >= 4 is 35.1 Å². The van der Waals surface area contributed by atoms with Crippen LogP contribution in [0.25, 0.3) is 0 Å². The number of carbonyl (C=O) groups excluding carboxylic acids is 1. The second kappa shape index (κ2) is 11.4. The van der Waals surface area contributed by atoms with Crippen LogP contribution in [0.3, 0.4) is 0 Å². The standard InChI is InChI=1S/C23H30N2O2S2/c1-25(2)20-10-6-18(7-11-20)5-3-14-24-22(26)17-27-21-12-8-19(9-13-21)23-28-15-4-16-29-23/h6-13,23H,3-5,14-17H2,1-2H3,(H,24,26). The molecule has 1 N–H and O–H groups in total. The summed E-state index contributed by atoms with van der Waals surface area (Å²) in [5.41, 5.74) is 3.81. The second-order valence-corrected chi connectivity index (χ2v) is 10.0. The Morgan fingerprint density at radius 2 is 1.76 bits per heavy atom. The molecule has 29 heavy (non-hydrogen) atoms. The fourth-order valence-electron chi connectivity index (χ4n) is 3.08. The number of hydrogen-bond acceptors (Lipinski definition) is 5. The van der Waals surface area contributed by atoms with E-state index in [1.807, 2.05) is 49.8 Å². The molecule has 3 rings (SSSR count). The zero-order chi connectivity index (χ0) is 20.5. The van der Waals surface area contributed by atoms with Crippen molar-refractivity contribution in [3.63, 3.8) is 0 Å². The van der Waals surface area contributed by atoms with Crippen molar-refractivity contribution < 1.29 is 9.53 Å². The van der Waals surface area contributed by atoms with Gasteiger partial charge in [-0.2, -0.15) is 0 Å². The Kier molecular flexibility index (Phi) is 8.62. The van der Waals surface area contributed by atoms with Crippen LogP contribution in [0.15, 0.2) is 48.5 Å². The number of carbonyl (C=O) groups is 1. The highest BCUT2D eigenvalue weighted by molar-refractivity contribution is 8.16. The number of anilines is 1. The molecule has 1 fully saturated rings. The summed E-state index contributed by atoms with van der Waals surface area (Å²) in [4.78, 5) is 14.1. The van der Waals surface area contributed by atoms with E-state index in [0.717, 1.165) is 18.6 Å². The van der Waals surface area contributed by atoms with Crippen LogP contribution >= 0.6 is 23.5 Å². The maximum Gasteiger partial charge on any atom is 0.257 e. The Bertz CT molecular complexity index is 757. The molecule has 4 nitrogen and oxygen atoms in total. The van der Waals surface area contributed by atoms with Gasteiger partial charge in [-0.3, -0.25) is 4.79 Å². The van der Waals surface area contributed by atoms with Crippen LogP contribution in [0.1, 0.15) is 28.6 Å². The van der Waals surface area contributed by atoms with Crippen molar-refractivity contribution in [2.24, 2.45) is 0 Å². The van der Waals surface area contributed by atoms with Crippen LogP contribution in [0, 0.1) is 0 Å². The van der Waals surface area contributed by atoms with Gasteiger partial charge in [0.05, 0.1) is 4.58 Å². The molecule has 0 aromatic heterocycles. The first-order valence-corrected chi connectivity index (χ1v) is 12.2. The van der Waals surface area contributed by atoms with Gasteiger partial charge >= 0.3 is 0 Å². The molecule has 1 amide bonds. The van der Waals surface area contributed by atoms with Crippen molar-refractivity contribution in [1.29, 1.82) is 0 Å². The number of thioether (sulfide) groups is 2. The van der Waals surface area contributed by atoms with Crippen molar-refractivity contribution in [2.75, 3.05) is 43.7 Å². The monoisotopic (exact) mass is 430 g/mol. The Balaban J connectivity index is 1.32. The molecule has 0 bridgehead atoms. The zero-order valence-corrected chi connectivity index (χ0v) is 18.9. The summed E-state index contributed by atoms with van der Waals surface area (Å²) < 4.78 is 6.16. The van der Waals surface area contributed by atoms with E-state index in [-0.39, 0.29) is 12.5 Å². The smallest absolute Gasteiger partial charge is 0.257 e. The zero-order valence-electron chi connectivity index (χ0n) is 17.2. The summed E-state index contributed by atoms with van der Waals surface area (Å²) in [6.07, 6.45) is 3.16. The molecule has 1 heterocycles. The fourth-order valence-corrected chi connectivity index (χ4v) is 5.98. The van der Waals surface area contributed by atoms with Crippen LogP contribution in [0.5, 0.6) is 5.75 Å². The van der Waals surface area contributed by atoms with Crippen molar-refractivity contribution in [3.05, 3.63) is 59.7 Å². The summed E-state index contributed by atoms with van der Waals surface area (Å²) in [6.45, 7) is 0.719. The molecular formula is C23H30N2O2S2. The lowest BCUT2D eigenvalue weighted by Gasteiger charge is -2.21. The molecule has 1 aliphatic rings. The van der Waals surface area contributed by atoms with Gasteiger partial charge < -0.3 is 15.0 Å². The highest BCUT2D eigenvalue weighted by Crippen LogP contribution is 2.43. The minimum atomic E-state index is -0.0737. The van der Waals surface area contributed by atoms with E-state index in [1.165, 1.54) is 34.7 Å². The molecule has 0 aliphatic carbocycles. The van der Waals surface area contributed by atoms with Crippen LogP contribution in [0.4, 0.5) is 5.69 Å². The summed E-state index contributed by atoms with van der Waals surface area (Å²) in [5, 5.41) is 2.94. The van der Waals surface area contributed by atoms with Gasteiger partial charge in [0.15, 0.2) is 6.61 Å². The number of hydrogen-bond donors (Lipinski definition) is 1. The first kappa shape index (κ1) is 21.9. The molecule has 2 aromatic rings. The third kappa shape index (κ3) is 7.19. The number of ether oxygens (including phenoxy) is 1. The predicted molar refractivity (Wildman–Crippen MR) is 126 cm³/mol. The molecule has 0 atom stereocenters. The molecule has 0 saturated carbocycles. The van der Waals surface area contributed by atoms with Crippen LogP contribution < -0.4 is 15.0 Å². The van der Waals surface area contributed by atoms with Gasteiger partial charge in [0.1, 0.15) is 5.75 Å². The SMILES string of the molecule is CN(C)c1ccc(CCCNC(=O)COc2ccc(C3SCCCS3)cc2)cc1. The molecule has 156 valence electrons. The van der Waals surface area contributed by atoms with Crippen molar-refractivity contribution in [2.45, 2.75) is 23.8 Å². The van der Waals surface area contributed by atoms with Gasteiger partial charge in [-0.1, -0.05) is 24.3 Å². The van der Waals surface area contributed by atoms with Gasteiger partial charge in [-0.05, 0) is 66.2 Å². The molecule has 6 heteroatoms. The lowest BCUT2D eigenvalue weighted by atomic mass is 10.1. The fraction of sp³-hybridized carbons (Fsp3) is 0.435. The van der Waals surface area contributed by atoms with Gasteiger partial charge in [-0.15, -0.1) is 23.5 Å². The maximum absolute atomic E-state index is 12.0. The number of benzene rings is 2. The quantitative estimate of drug-likeness (QED) is 0.582. The number of nitrogens with zero attached hydrogens (tertiary/aromatic N) is 1. The van der Waals surface area contributed by atoms with E-state index >= 15 is 0 Å². The first-order valence-electron chi connectivity index (χ1n) is 10.1. The van der Waals surface area contributed by atoms with E-state index < -0.39 is 0 Å². The summed E-state index contributed by atoms with van der Waals surface area (Å²) in [6, 6.07) is 16.7. The van der Waals surface area contributed by atoms with Gasteiger partial charge in [-0.25, -0.2) is 0 Å². The van der Waals surface area contributed by atoms with E-state index in [1.54, 1.807) is 0 Å². The van der Waals surface area contributed by atoms with Crippen molar-refractivity contribution in [1.82, 2.24) is 5.32 Å². The van der Waals surface area contributed by atoms with Gasteiger partial charge in [0, 0.05) is 26.3 Å². The second-order valence-electron chi connectivity index (χ2n) is 7.30. The lowest BCUT2D eigenvalue weighted by Crippen LogP contribution is -2.29. The number of amides is 1. The van der Waals surface area contributed by atoms with Crippen LogP contribution in [-0.4, -0.2) is 44.7 Å². The van der Waals surface area contributed by atoms with E-state index in [2.05, 4.69) is 46.6 Å². The largest absolute Gasteiger partial charge is 0.484 e. The Morgan fingerprint density at radius 1 is 1.07 bits per heavy atom. The lowest BCUT2D eigenvalue weighted by molar-refractivity contribution is -0.123. The minimum absolute atomic E-state index is 0.0593. The van der Waals surface area contributed by atoms with Crippen molar-refractivity contribution in [3.8, 4) is 5.75 Å². The van der Waals surface area contributed by atoms with E-state index in [9.17, 15) is 4.79 Å². The molecule has 0 unspecified atom stereocenters. The topological polar surface area (TPSA) is 41.6 Å². The Labute approximate surface area is 182 Å². The number of aryl methyl sites for hydroxylation is 1. The molecule has 0 spiro atoms. The van der Waals surface area contributed by atoms with Gasteiger partial charge in [0.25, 0.3) is 5.91 Å². The van der Waals surface area contributed by atoms with Crippen LogP contribution in [0.2, 0.25) is 0 Å².